The highest BCUT2D eigenvalue weighted by Crippen LogP contribution is 2.36. The van der Waals surface area contributed by atoms with Crippen molar-refractivity contribution in [2.24, 2.45) is 0 Å². The topological polar surface area (TPSA) is 4.93 Å². The number of benzene rings is 3. The maximum Gasteiger partial charge on any atom is 0.123 e. The fourth-order valence-electron chi connectivity index (χ4n) is 2.89. The maximum absolute atomic E-state index is 13.2. The van der Waals surface area contributed by atoms with Crippen LogP contribution >= 0.6 is 11.6 Å². The van der Waals surface area contributed by atoms with Crippen LogP contribution in [0.3, 0.4) is 0 Å². The predicted octanol–water partition coefficient (Wildman–Crippen LogP) is 6.09. The average Bonchev–Trinajstić information content (AvgIpc) is 2.96. The number of aromatic nitrogens is 1. The maximum atomic E-state index is 13.2. The van der Waals surface area contributed by atoms with Gasteiger partial charge in [0.25, 0.3) is 0 Å². The number of para-hydroxylation sites is 1. The van der Waals surface area contributed by atoms with Gasteiger partial charge < -0.3 is 4.57 Å². The van der Waals surface area contributed by atoms with E-state index in [9.17, 15) is 4.39 Å². The first-order valence-electron chi connectivity index (χ1n) is 7.35. The van der Waals surface area contributed by atoms with Gasteiger partial charge in [-0.2, -0.15) is 0 Å². The quantitative estimate of drug-likeness (QED) is 0.421. The van der Waals surface area contributed by atoms with Crippen molar-refractivity contribution in [2.45, 2.75) is 0 Å². The van der Waals surface area contributed by atoms with Crippen LogP contribution in [-0.2, 0) is 0 Å². The summed E-state index contributed by atoms with van der Waals surface area (Å²) in [6.45, 7) is 0. The Bertz CT molecular complexity index is 986. The summed E-state index contributed by atoms with van der Waals surface area (Å²) in [5, 5.41) is 1.83. The molecule has 0 atom stereocenters. The molecule has 4 rings (SSSR count). The number of nitrogens with zero attached hydrogens (tertiary/aromatic N) is 1. The van der Waals surface area contributed by atoms with Gasteiger partial charge in [0.05, 0.1) is 5.52 Å². The second kappa shape index (κ2) is 5.56. The number of halogens is 2. The van der Waals surface area contributed by atoms with E-state index in [-0.39, 0.29) is 5.82 Å². The van der Waals surface area contributed by atoms with Crippen molar-refractivity contribution in [3.8, 4) is 16.8 Å². The minimum absolute atomic E-state index is 0.239. The zero-order chi connectivity index (χ0) is 15.8. The Labute approximate surface area is 138 Å². The predicted molar refractivity (Wildman–Crippen MR) is 93.7 cm³/mol. The van der Waals surface area contributed by atoms with Crippen molar-refractivity contribution in [1.29, 1.82) is 0 Å². The van der Waals surface area contributed by atoms with Crippen LogP contribution in [0.25, 0.3) is 27.7 Å². The molecule has 3 aromatic carbocycles. The monoisotopic (exact) mass is 321 g/mol. The Morgan fingerprint density at radius 2 is 1.43 bits per heavy atom. The Hall–Kier alpha value is -2.58. The summed E-state index contributed by atoms with van der Waals surface area (Å²) in [6, 6.07) is 22.4. The van der Waals surface area contributed by atoms with E-state index >= 15 is 0 Å². The largest absolute Gasteiger partial charge is 0.316 e. The molecule has 3 heteroatoms. The Morgan fingerprint density at radius 3 is 2.22 bits per heavy atom. The van der Waals surface area contributed by atoms with Crippen LogP contribution in [0.2, 0.25) is 5.02 Å². The van der Waals surface area contributed by atoms with Gasteiger partial charge in [-0.05, 0) is 36.4 Å². The molecule has 0 saturated carbocycles. The number of fused-ring (bicyclic) bond motifs is 1. The molecule has 0 unspecified atom stereocenters. The smallest absolute Gasteiger partial charge is 0.123 e. The average molecular weight is 322 g/mol. The number of hydrogen-bond acceptors (Lipinski definition) is 0. The van der Waals surface area contributed by atoms with Crippen LogP contribution in [-0.4, -0.2) is 4.57 Å². The van der Waals surface area contributed by atoms with E-state index in [0.717, 1.165) is 32.7 Å². The van der Waals surface area contributed by atoms with Gasteiger partial charge in [-0.15, -0.1) is 0 Å². The lowest BCUT2D eigenvalue weighted by atomic mass is 10.1. The van der Waals surface area contributed by atoms with E-state index in [2.05, 4.69) is 22.9 Å². The summed E-state index contributed by atoms with van der Waals surface area (Å²) >= 11 is 6.38. The fraction of sp³-hybridized carbons (Fsp3) is 0. The lowest BCUT2D eigenvalue weighted by Gasteiger charge is -2.04. The summed E-state index contributed by atoms with van der Waals surface area (Å²) < 4.78 is 15.3. The molecule has 1 aromatic heterocycles. The Morgan fingerprint density at radius 1 is 0.739 bits per heavy atom. The van der Waals surface area contributed by atoms with Crippen LogP contribution in [0.1, 0.15) is 0 Å². The summed E-state index contributed by atoms with van der Waals surface area (Å²) in [6.07, 6.45) is 2.05. The first kappa shape index (κ1) is 14.0. The molecule has 0 aliphatic rings. The van der Waals surface area contributed by atoms with Crippen LogP contribution in [0.15, 0.2) is 79.0 Å². The van der Waals surface area contributed by atoms with Crippen LogP contribution in [0.5, 0.6) is 0 Å². The summed E-state index contributed by atoms with van der Waals surface area (Å²) in [4.78, 5) is 0. The molecule has 0 spiro atoms. The molecule has 0 fully saturated rings. The Balaban J connectivity index is 2.01. The van der Waals surface area contributed by atoms with Crippen LogP contribution in [0.4, 0.5) is 4.39 Å². The Kier molecular flexibility index (Phi) is 3.40. The third kappa shape index (κ3) is 2.41. The third-order valence-electron chi connectivity index (χ3n) is 3.98. The summed E-state index contributed by atoms with van der Waals surface area (Å²) in [5.41, 5.74) is 4.04. The fourth-order valence-corrected chi connectivity index (χ4v) is 3.13. The van der Waals surface area contributed by atoms with E-state index in [4.69, 9.17) is 11.6 Å². The van der Waals surface area contributed by atoms with Crippen molar-refractivity contribution in [3.05, 3.63) is 89.8 Å². The second-order valence-corrected chi connectivity index (χ2v) is 5.79. The standard InChI is InChI=1S/C20H13ClFN/c21-19-7-3-1-5-16(19)18-13-23(15-11-9-14(22)10-12-15)20-8-4-2-6-17(18)20/h1-13H. The van der Waals surface area contributed by atoms with Gasteiger partial charge in [0.2, 0.25) is 0 Å². The molecule has 112 valence electrons. The van der Waals surface area contributed by atoms with Crippen molar-refractivity contribution in [1.82, 2.24) is 4.57 Å². The highest BCUT2D eigenvalue weighted by Gasteiger charge is 2.13. The van der Waals surface area contributed by atoms with Gasteiger partial charge in [-0.25, -0.2) is 4.39 Å². The van der Waals surface area contributed by atoms with Gasteiger partial charge in [-0.1, -0.05) is 48.0 Å². The first-order valence-corrected chi connectivity index (χ1v) is 7.73. The molecule has 0 bridgehead atoms. The third-order valence-corrected chi connectivity index (χ3v) is 4.31. The van der Waals surface area contributed by atoms with Gasteiger partial charge in [0, 0.05) is 33.4 Å². The van der Waals surface area contributed by atoms with Crippen LogP contribution < -0.4 is 0 Å². The minimum atomic E-state index is -0.239. The van der Waals surface area contributed by atoms with Crippen molar-refractivity contribution in [3.63, 3.8) is 0 Å². The van der Waals surface area contributed by atoms with Crippen molar-refractivity contribution in [2.75, 3.05) is 0 Å². The van der Waals surface area contributed by atoms with E-state index in [1.54, 1.807) is 12.1 Å². The van der Waals surface area contributed by atoms with Gasteiger partial charge >= 0.3 is 0 Å². The highest BCUT2D eigenvalue weighted by molar-refractivity contribution is 6.33. The SMILES string of the molecule is Fc1ccc(-n2cc(-c3ccccc3Cl)c3ccccc32)cc1. The molecule has 0 N–H and O–H groups in total. The van der Waals surface area contributed by atoms with E-state index in [0.29, 0.717) is 0 Å². The molecule has 1 nitrogen and oxygen atoms in total. The van der Waals surface area contributed by atoms with Gasteiger partial charge in [0.15, 0.2) is 0 Å². The molecule has 4 aromatic rings. The van der Waals surface area contributed by atoms with Gasteiger partial charge in [0.1, 0.15) is 5.82 Å². The van der Waals surface area contributed by atoms with Crippen molar-refractivity contribution < 1.29 is 4.39 Å². The lowest BCUT2D eigenvalue weighted by molar-refractivity contribution is 0.627. The molecule has 0 saturated heterocycles. The zero-order valence-corrected chi connectivity index (χ0v) is 13.0. The van der Waals surface area contributed by atoms with E-state index < -0.39 is 0 Å². The summed E-state index contributed by atoms with van der Waals surface area (Å²) in [5.74, 6) is -0.239. The van der Waals surface area contributed by atoms with Crippen molar-refractivity contribution >= 4 is 22.5 Å². The van der Waals surface area contributed by atoms with Crippen LogP contribution in [0, 0.1) is 5.82 Å². The molecular weight excluding hydrogens is 309 g/mol. The molecule has 0 aliphatic heterocycles. The van der Waals surface area contributed by atoms with E-state index in [1.807, 2.05) is 36.4 Å². The van der Waals surface area contributed by atoms with E-state index in [1.165, 1.54) is 12.1 Å². The number of hydrogen-bond donors (Lipinski definition) is 0. The first-order chi connectivity index (χ1) is 11.2. The summed E-state index contributed by atoms with van der Waals surface area (Å²) in [7, 11) is 0. The molecule has 1 heterocycles. The minimum Gasteiger partial charge on any atom is -0.316 e. The zero-order valence-electron chi connectivity index (χ0n) is 12.2. The molecule has 23 heavy (non-hydrogen) atoms. The lowest BCUT2D eigenvalue weighted by Crippen LogP contribution is -1.91. The molecule has 0 amide bonds. The second-order valence-electron chi connectivity index (χ2n) is 5.39. The van der Waals surface area contributed by atoms with Gasteiger partial charge in [-0.3, -0.25) is 0 Å². The highest BCUT2D eigenvalue weighted by atomic mass is 35.5. The molecule has 0 aliphatic carbocycles. The molecule has 0 radical (unpaired) electrons. The number of rotatable bonds is 2. The molecular formula is C20H13ClFN. The normalized spacial score (nSPS) is 11.0.